The zero-order valence-corrected chi connectivity index (χ0v) is 10.4. The molecule has 0 saturated carbocycles. The van der Waals surface area contributed by atoms with Crippen molar-refractivity contribution in [2.45, 2.75) is 19.4 Å². The molecule has 0 amide bonds. The number of ether oxygens (including phenoxy) is 2. The summed E-state index contributed by atoms with van der Waals surface area (Å²) < 4.78 is 10.8. The minimum atomic E-state index is 0.0791. The van der Waals surface area contributed by atoms with Gasteiger partial charge in [0, 0.05) is 20.1 Å². The minimum absolute atomic E-state index is 0.0791. The average molecular weight is 239 g/mol. The lowest BCUT2D eigenvalue weighted by molar-refractivity contribution is 0.135. The van der Waals surface area contributed by atoms with E-state index in [2.05, 4.69) is 0 Å². The number of thiocarbonyl (C=S) groups is 1. The van der Waals surface area contributed by atoms with Crippen LogP contribution in [0.1, 0.15) is 18.9 Å². The highest BCUT2D eigenvalue weighted by Crippen LogP contribution is 2.19. The summed E-state index contributed by atoms with van der Waals surface area (Å²) in [5, 5.41) is 0. The van der Waals surface area contributed by atoms with Crippen LogP contribution in [0.3, 0.4) is 0 Å². The van der Waals surface area contributed by atoms with Crippen LogP contribution in [0.2, 0.25) is 0 Å². The monoisotopic (exact) mass is 239 g/mol. The molecule has 0 aliphatic rings. The highest BCUT2D eigenvalue weighted by Gasteiger charge is 2.09. The standard InChI is InChI=1S/C12H17NO2S/c1-9(7-8-14-2)15-11-6-4-3-5-10(11)12(13)16/h3-6,9H,7-8H2,1-2H3,(H2,13,16). The molecule has 0 radical (unpaired) electrons. The Kier molecular flexibility index (Phi) is 5.22. The van der Waals surface area contributed by atoms with E-state index in [-0.39, 0.29) is 6.10 Å². The fraction of sp³-hybridized carbons (Fsp3) is 0.417. The summed E-state index contributed by atoms with van der Waals surface area (Å²) in [5.41, 5.74) is 6.40. The lowest BCUT2D eigenvalue weighted by Gasteiger charge is -2.16. The molecule has 16 heavy (non-hydrogen) atoms. The largest absolute Gasteiger partial charge is 0.490 e. The lowest BCUT2D eigenvalue weighted by atomic mass is 10.2. The molecule has 0 aromatic heterocycles. The maximum atomic E-state index is 5.76. The molecule has 3 nitrogen and oxygen atoms in total. The van der Waals surface area contributed by atoms with Gasteiger partial charge in [-0.15, -0.1) is 0 Å². The molecule has 2 N–H and O–H groups in total. The molecule has 0 bridgehead atoms. The van der Waals surface area contributed by atoms with Gasteiger partial charge in [0.25, 0.3) is 0 Å². The van der Waals surface area contributed by atoms with E-state index in [1.807, 2.05) is 31.2 Å². The van der Waals surface area contributed by atoms with E-state index in [0.717, 1.165) is 17.7 Å². The number of nitrogens with two attached hydrogens (primary N) is 1. The topological polar surface area (TPSA) is 44.5 Å². The summed E-state index contributed by atoms with van der Waals surface area (Å²) in [6.45, 7) is 2.67. The van der Waals surface area contributed by atoms with Crippen molar-refractivity contribution >= 4 is 17.2 Å². The molecule has 1 aromatic carbocycles. The van der Waals surface area contributed by atoms with Crippen molar-refractivity contribution in [1.29, 1.82) is 0 Å². The Morgan fingerprint density at radius 2 is 2.12 bits per heavy atom. The van der Waals surface area contributed by atoms with Gasteiger partial charge in [-0.3, -0.25) is 0 Å². The Morgan fingerprint density at radius 3 is 2.75 bits per heavy atom. The SMILES string of the molecule is COCCC(C)Oc1ccccc1C(N)=S. The summed E-state index contributed by atoms with van der Waals surface area (Å²) in [6.07, 6.45) is 0.915. The number of hydrogen-bond donors (Lipinski definition) is 1. The molecule has 1 unspecified atom stereocenters. The third-order valence-corrected chi connectivity index (χ3v) is 2.43. The molecule has 0 saturated heterocycles. The number of hydrogen-bond acceptors (Lipinski definition) is 3. The van der Waals surface area contributed by atoms with Gasteiger partial charge in [0.15, 0.2) is 0 Å². The van der Waals surface area contributed by atoms with Gasteiger partial charge in [-0.1, -0.05) is 24.4 Å². The van der Waals surface area contributed by atoms with Crippen LogP contribution in [-0.2, 0) is 4.74 Å². The Morgan fingerprint density at radius 1 is 1.44 bits per heavy atom. The van der Waals surface area contributed by atoms with Crippen molar-refractivity contribution < 1.29 is 9.47 Å². The van der Waals surface area contributed by atoms with E-state index in [0.29, 0.717) is 11.6 Å². The van der Waals surface area contributed by atoms with E-state index in [9.17, 15) is 0 Å². The van der Waals surface area contributed by atoms with E-state index in [1.165, 1.54) is 0 Å². The Balaban J connectivity index is 2.69. The summed E-state index contributed by atoms with van der Waals surface area (Å²) in [5.74, 6) is 0.735. The summed E-state index contributed by atoms with van der Waals surface area (Å²) >= 11 is 4.96. The van der Waals surface area contributed by atoms with Gasteiger partial charge < -0.3 is 15.2 Å². The van der Waals surface area contributed by atoms with Crippen molar-refractivity contribution in [3.8, 4) is 5.75 Å². The molecule has 4 heteroatoms. The van der Waals surface area contributed by atoms with E-state index >= 15 is 0 Å². The highest BCUT2D eigenvalue weighted by atomic mass is 32.1. The molecule has 0 heterocycles. The van der Waals surface area contributed by atoms with Gasteiger partial charge in [-0.25, -0.2) is 0 Å². The predicted molar refractivity (Wildman–Crippen MR) is 68.9 cm³/mol. The van der Waals surface area contributed by atoms with Crippen molar-refractivity contribution in [3.63, 3.8) is 0 Å². The average Bonchev–Trinajstić information content (AvgIpc) is 2.27. The van der Waals surface area contributed by atoms with Crippen molar-refractivity contribution in [1.82, 2.24) is 0 Å². The molecule has 1 aromatic rings. The van der Waals surface area contributed by atoms with Crippen molar-refractivity contribution in [2.24, 2.45) is 5.73 Å². The van der Waals surface area contributed by atoms with Gasteiger partial charge in [0.05, 0.1) is 11.7 Å². The normalized spacial score (nSPS) is 12.1. The third-order valence-electron chi connectivity index (χ3n) is 2.21. The Bertz CT molecular complexity index is 355. The van der Waals surface area contributed by atoms with Crippen LogP contribution < -0.4 is 10.5 Å². The fourth-order valence-corrected chi connectivity index (χ4v) is 1.50. The second kappa shape index (κ2) is 6.45. The van der Waals surface area contributed by atoms with Crippen LogP contribution in [0.4, 0.5) is 0 Å². The van der Waals surface area contributed by atoms with Gasteiger partial charge in [0.2, 0.25) is 0 Å². The summed E-state index contributed by atoms with van der Waals surface area (Å²) in [4.78, 5) is 0.356. The van der Waals surface area contributed by atoms with Crippen LogP contribution in [0.25, 0.3) is 0 Å². The third kappa shape index (κ3) is 3.79. The molecular weight excluding hydrogens is 222 g/mol. The summed E-state index contributed by atoms with van der Waals surface area (Å²) in [6, 6.07) is 7.53. The van der Waals surface area contributed by atoms with Crippen molar-refractivity contribution in [2.75, 3.05) is 13.7 Å². The molecule has 0 aliphatic heterocycles. The number of para-hydroxylation sites is 1. The Hall–Kier alpha value is -1.13. The van der Waals surface area contributed by atoms with E-state index in [1.54, 1.807) is 7.11 Å². The second-order valence-electron chi connectivity index (χ2n) is 3.57. The van der Waals surface area contributed by atoms with Crippen LogP contribution in [0, 0.1) is 0 Å². The van der Waals surface area contributed by atoms with Crippen LogP contribution >= 0.6 is 12.2 Å². The van der Waals surface area contributed by atoms with Crippen LogP contribution in [0.15, 0.2) is 24.3 Å². The second-order valence-corrected chi connectivity index (χ2v) is 4.01. The van der Waals surface area contributed by atoms with Gasteiger partial charge in [0.1, 0.15) is 10.7 Å². The molecular formula is C12H17NO2S. The Labute approximate surface area is 102 Å². The molecule has 0 aliphatic carbocycles. The minimum Gasteiger partial charge on any atom is -0.490 e. The lowest BCUT2D eigenvalue weighted by Crippen LogP contribution is -2.18. The number of methoxy groups -OCH3 is 1. The fourth-order valence-electron chi connectivity index (χ4n) is 1.33. The quantitative estimate of drug-likeness (QED) is 0.772. The summed E-state index contributed by atoms with van der Waals surface area (Å²) in [7, 11) is 1.68. The van der Waals surface area contributed by atoms with Crippen LogP contribution in [0.5, 0.6) is 5.75 Å². The number of benzene rings is 1. The molecule has 88 valence electrons. The zero-order valence-electron chi connectivity index (χ0n) is 9.60. The smallest absolute Gasteiger partial charge is 0.129 e. The van der Waals surface area contributed by atoms with E-state index in [4.69, 9.17) is 27.4 Å². The van der Waals surface area contributed by atoms with Crippen molar-refractivity contribution in [3.05, 3.63) is 29.8 Å². The predicted octanol–water partition coefficient (Wildman–Crippen LogP) is 2.12. The maximum Gasteiger partial charge on any atom is 0.129 e. The highest BCUT2D eigenvalue weighted by molar-refractivity contribution is 7.80. The molecule has 1 rings (SSSR count). The molecule has 1 atom stereocenters. The zero-order chi connectivity index (χ0) is 12.0. The maximum absolute atomic E-state index is 5.76. The first-order chi connectivity index (χ1) is 7.65. The van der Waals surface area contributed by atoms with Gasteiger partial charge in [-0.2, -0.15) is 0 Å². The first-order valence-corrected chi connectivity index (χ1v) is 5.60. The van der Waals surface area contributed by atoms with Crippen LogP contribution in [-0.4, -0.2) is 24.8 Å². The molecule has 0 spiro atoms. The molecule has 0 fully saturated rings. The first-order valence-electron chi connectivity index (χ1n) is 5.19. The van der Waals surface area contributed by atoms with Gasteiger partial charge in [-0.05, 0) is 19.1 Å². The van der Waals surface area contributed by atoms with E-state index < -0.39 is 0 Å². The van der Waals surface area contributed by atoms with Gasteiger partial charge >= 0.3 is 0 Å². The first kappa shape index (κ1) is 12.9. The number of rotatable bonds is 6.